The predicted molar refractivity (Wildman–Crippen MR) is 136 cm³/mol. The lowest BCUT2D eigenvalue weighted by atomic mass is 9.85. The van der Waals surface area contributed by atoms with Crippen molar-refractivity contribution in [2.75, 3.05) is 6.54 Å². The SMILES string of the molecule is CC.CC(=O)OC(C)(C)C.CC1CCCN1C1CCc2cc(-c3ccccc3)ccc2C1. The minimum Gasteiger partial charge on any atom is -0.460 e. The molecule has 3 heteroatoms. The fraction of sp³-hybridized carbons (Fsp3) is 0.552. The summed E-state index contributed by atoms with van der Waals surface area (Å²) < 4.78 is 4.80. The number of benzene rings is 2. The quantitative estimate of drug-likeness (QED) is 0.471. The molecule has 2 aliphatic rings. The number of fused-ring (bicyclic) bond motifs is 1. The molecule has 1 aliphatic carbocycles. The Bertz CT molecular complexity index is 838. The van der Waals surface area contributed by atoms with E-state index in [0.29, 0.717) is 0 Å². The van der Waals surface area contributed by atoms with Gasteiger partial charge in [0.25, 0.3) is 0 Å². The highest BCUT2D eigenvalue weighted by molar-refractivity contribution is 5.66. The van der Waals surface area contributed by atoms with Gasteiger partial charge in [-0.2, -0.15) is 0 Å². The fourth-order valence-corrected chi connectivity index (χ4v) is 4.76. The van der Waals surface area contributed by atoms with Crippen LogP contribution in [0, 0.1) is 0 Å². The number of carbonyl (C=O) groups excluding carboxylic acids is 1. The molecule has 2 atom stereocenters. The summed E-state index contributed by atoms with van der Waals surface area (Å²) in [6, 6.07) is 19.4. The maximum absolute atomic E-state index is 10.2. The van der Waals surface area contributed by atoms with E-state index in [1.165, 1.54) is 56.7 Å². The number of rotatable bonds is 2. The molecule has 3 nitrogen and oxygen atoms in total. The number of carbonyl (C=O) groups is 1. The fourth-order valence-electron chi connectivity index (χ4n) is 4.76. The van der Waals surface area contributed by atoms with Crippen LogP contribution in [0.2, 0.25) is 0 Å². The molecule has 0 amide bonds. The lowest BCUT2D eigenvalue weighted by molar-refractivity contribution is -0.151. The molecule has 2 aromatic rings. The molecule has 0 N–H and O–H groups in total. The Hall–Kier alpha value is -2.13. The van der Waals surface area contributed by atoms with E-state index < -0.39 is 0 Å². The van der Waals surface area contributed by atoms with Crippen molar-refractivity contribution in [1.29, 1.82) is 0 Å². The number of hydrogen-bond donors (Lipinski definition) is 0. The molecule has 1 saturated heterocycles. The van der Waals surface area contributed by atoms with Crippen LogP contribution in [0.4, 0.5) is 0 Å². The highest BCUT2D eigenvalue weighted by atomic mass is 16.6. The van der Waals surface area contributed by atoms with Crippen molar-refractivity contribution in [3.8, 4) is 11.1 Å². The second kappa shape index (κ2) is 12.2. The first-order valence-corrected chi connectivity index (χ1v) is 12.4. The summed E-state index contributed by atoms with van der Waals surface area (Å²) in [6.45, 7) is 14.6. The van der Waals surface area contributed by atoms with Gasteiger partial charge in [-0.15, -0.1) is 0 Å². The van der Waals surface area contributed by atoms with E-state index in [1.807, 2.05) is 34.6 Å². The zero-order chi connectivity index (χ0) is 23.7. The molecule has 1 aliphatic heterocycles. The molecule has 4 rings (SSSR count). The Morgan fingerprint density at radius 1 is 0.969 bits per heavy atom. The Kier molecular flexibility index (Phi) is 9.96. The van der Waals surface area contributed by atoms with Gasteiger partial charge in [-0.25, -0.2) is 0 Å². The average molecular weight is 438 g/mol. The van der Waals surface area contributed by atoms with Crippen LogP contribution in [-0.4, -0.2) is 35.1 Å². The first-order chi connectivity index (χ1) is 15.2. The monoisotopic (exact) mass is 437 g/mol. The van der Waals surface area contributed by atoms with E-state index >= 15 is 0 Å². The minimum absolute atomic E-state index is 0.225. The van der Waals surface area contributed by atoms with Crippen molar-refractivity contribution in [2.24, 2.45) is 0 Å². The van der Waals surface area contributed by atoms with Crippen LogP contribution in [0.5, 0.6) is 0 Å². The van der Waals surface area contributed by atoms with Crippen LogP contribution in [0.25, 0.3) is 11.1 Å². The summed E-state index contributed by atoms with van der Waals surface area (Å²) in [5.74, 6) is -0.225. The number of nitrogens with zero attached hydrogens (tertiary/aromatic N) is 1. The maximum Gasteiger partial charge on any atom is 0.303 e. The molecule has 0 aromatic heterocycles. The largest absolute Gasteiger partial charge is 0.460 e. The van der Waals surface area contributed by atoms with Crippen LogP contribution in [0.3, 0.4) is 0 Å². The van der Waals surface area contributed by atoms with Gasteiger partial charge in [0.1, 0.15) is 5.60 Å². The van der Waals surface area contributed by atoms with Gasteiger partial charge < -0.3 is 4.74 Å². The van der Waals surface area contributed by atoms with Crippen molar-refractivity contribution < 1.29 is 9.53 Å². The second-order valence-electron chi connectivity index (χ2n) is 9.68. The van der Waals surface area contributed by atoms with Gasteiger partial charge in [-0.3, -0.25) is 9.69 Å². The highest BCUT2D eigenvalue weighted by Crippen LogP contribution is 2.32. The predicted octanol–water partition coefficient (Wildman–Crippen LogP) is 7.07. The van der Waals surface area contributed by atoms with E-state index in [4.69, 9.17) is 4.74 Å². The lowest BCUT2D eigenvalue weighted by Crippen LogP contribution is -2.41. The molecule has 0 bridgehead atoms. The normalized spacial score (nSPS) is 20.2. The number of likely N-dealkylation sites (tertiary alicyclic amines) is 1. The molecular weight excluding hydrogens is 394 g/mol. The molecule has 32 heavy (non-hydrogen) atoms. The van der Waals surface area contributed by atoms with Gasteiger partial charge >= 0.3 is 5.97 Å². The third kappa shape index (κ3) is 7.78. The summed E-state index contributed by atoms with van der Waals surface area (Å²) in [5.41, 5.74) is 5.53. The number of hydrogen-bond acceptors (Lipinski definition) is 3. The topological polar surface area (TPSA) is 29.5 Å². The molecule has 1 heterocycles. The molecule has 2 aromatic carbocycles. The molecule has 0 spiro atoms. The van der Waals surface area contributed by atoms with Crippen molar-refractivity contribution in [3.05, 3.63) is 59.7 Å². The van der Waals surface area contributed by atoms with Crippen LogP contribution in [0.1, 0.15) is 78.9 Å². The van der Waals surface area contributed by atoms with Gasteiger partial charge in [0.05, 0.1) is 0 Å². The van der Waals surface area contributed by atoms with Gasteiger partial charge in [-0.05, 0) is 88.6 Å². The Morgan fingerprint density at radius 3 is 2.19 bits per heavy atom. The molecule has 176 valence electrons. The summed E-state index contributed by atoms with van der Waals surface area (Å²) >= 11 is 0. The third-order valence-electron chi connectivity index (χ3n) is 6.04. The molecular formula is C29H43NO2. The van der Waals surface area contributed by atoms with Gasteiger partial charge in [0.15, 0.2) is 0 Å². The molecule has 0 saturated carbocycles. The minimum atomic E-state index is -0.328. The summed E-state index contributed by atoms with van der Waals surface area (Å²) in [4.78, 5) is 13.0. The number of ether oxygens (including phenoxy) is 1. The van der Waals surface area contributed by atoms with Crippen LogP contribution >= 0.6 is 0 Å². The zero-order valence-corrected chi connectivity index (χ0v) is 21.3. The van der Waals surface area contributed by atoms with E-state index in [-0.39, 0.29) is 11.6 Å². The van der Waals surface area contributed by atoms with Crippen molar-refractivity contribution in [3.63, 3.8) is 0 Å². The standard InChI is InChI=1S/C21H25N.C6H12O2.C2H6/c1-16-6-5-13-22(16)21-12-11-19-14-18(9-10-20(19)15-21)17-7-3-2-4-8-17;1-5(7)8-6(2,3)4;1-2/h2-4,7-10,14,16,21H,5-6,11-13,15H2,1H3;1-4H3;1-2H3. The molecule has 2 unspecified atom stereocenters. The lowest BCUT2D eigenvalue weighted by Gasteiger charge is -2.35. The van der Waals surface area contributed by atoms with E-state index in [2.05, 4.69) is 60.4 Å². The second-order valence-corrected chi connectivity index (χ2v) is 9.68. The van der Waals surface area contributed by atoms with Crippen LogP contribution in [-0.2, 0) is 22.4 Å². The Labute approximate surface area is 196 Å². The maximum atomic E-state index is 10.2. The van der Waals surface area contributed by atoms with Gasteiger partial charge in [0.2, 0.25) is 0 Å². The molecule has 0 radical (unpaired) electrons. The highest BCUT2D eigenvalue weighted by Gasteiger charge is 2.30. The van der Waals surface area contributed by atoms with E-state index in [9.17, 15) is 4.79 Å². The van der Waals surface area contributed by atoms with Crippen molar-refractivity contribution >= 4 is 5.97 Å². The smallest absolute Gasteiger partial charge is 0.303 e. The van der Waals surface area contributed by atoms with Gasteiger partial charge in [-0.1, -0.05) is 62.4 Å². The van der Waals surface area contributed by atoms with Gasteiger partial charge in [0, 0.05) is 19.0 Å². The van der Waals surface area contributed by atoms with E-state index in [1.54, 1.807) is 11.1 Å². The first-order valence-electron chi connectivity index (χ1n) is 12.4. The summed E-state index contributed by atoms with van der Waals surface area (Å²) in [7, 11) is 0. The summed E-state index contributed by atoms with van der Waals surface area (Å²) in [6.07, 6.45) is 6.59. The average Bonchev–Trinajstić information content (AvgIpc) is 3.19. The number of aryl methyl sites for hydroxylation is 1. The summed E-state index contributed by atoms with van der Waals surface area (Å²) in [5, 5.41) is 0. The Balaban J connectivity index is 0.000000311. The first kappa shape index (κ1) is 26.1. The molecule has 1 fully saturated rings. The number of esters is 1. The van der Waals surface area contributed by atoms with Crippen LogP contribution < -0.4 is 0 Å². The third-order valence-corrected chi connectivity index (χ3v) is 6.04. The van der Waals surface area contributed by atoms with E-state index in [0.717, 1.165) is 12.1 Å². The zero-order valence-electron chi connectivity index (χ0n) is 21.3. The van der Waals surface area contributed by atoms with Crippen molar-refractivity contribution in [1.82, 2.24) is 4.90 Å². The Morgan fingerprint density at radius 2 is 1.66 bits per heavy atom. The van der Waals surface area contributed by atoms with Crippen LogP contribution in [0.15, 0.2) is 48.5 Å². The van der Waals surface area contributed by atoms with Crippen molar-refractivity contribution in [2.45, 2.75) is 98.3 Å².